The van der Waals surface area contributed by atoms with Gasteiger partial charge in [-0.3, -0.25) is 4.90 Å². The van der Waals surface area contributed by atoms with Crippen molar-refractivity contribution in [3.8, 4) is 0 Å². The molecule has 1 nitrogen and oxygen atoms in total. The van der Waals surface area contributed by atoms with Crippen molar-refractivity contribution in [2.45, 2.75) is 30.6 Å². The molecule has 0 aromatic heterocycles. The normalized spacial score (nSPS) is 22.6. The van der Waals surface area contributed by atoms with Crippen LogP contribution in [0, 0.1) is 5.82 Å². The lowest BCUT2D eigenvalue weighted by molar-refractivity contribution is 0.194. The SMILES string of the molecule is Fc1ccc(CCN2CCC(c3ccccc3)CC2S)cc1. The molecule has 116 valence electrons. The fourth-order valence-corrected chi connectivity index (χ4v) is 3.69. The van der Waals surface area contributed by atoms with E-state index in [2.05, 4.69) is 35.2 Å². The van der Waals surface area contributed by atoms with E-state index >= 15 is 0 Å². The molecule has 0 radical (unpaired) electrons. The Hall–Kier alpha value is -1.32. The maximum Gasteiger partial charge on any atom is 0.123 e. The minimum absolute atomic E-state index is 0.167. The maximum absolute atomic E-state index is 12.9. The molecule has 0 saturated carbocycles. The van der Waals surface area contributed by atoms with Gasteiger partial charge in [-0.15, -0.1) is 0 Å². The Morgan fingerprint density at radius 1 is 1.05 bits per heavy atom. The van der Waals surface area contributed by atoms with Gasteiger partial charge < -0.3 is 0 Å². The van der Waals surface area contributed by atoms with Crippen molar-refractivity contribution in [3.05, 3.63) is 71.5 Å². The Labute approximate surface area is 137 Å². The van der Waals surface area contributed by atoms with E-state index in [0.717, 1.165) is 25.9 Å². The summed E-state index contributed by atoms with van der Waals surface area (Å²) >= 11 is 4.79. The molecule has 0 spiro atoms. The third kappa shape index (κ3) is 3.90. The van der Waals surface area contributed by atoms with Gasteiger partial charge in [-0.1, -0.05) is 42.5 Å². The number of thiol groups is 1. The van der Waals surface area contributed by atoms with Crippen LogP contribution in [0.2, 0.25) is 0 Å². The fraction of sp³-hybridized carbons (Fsp3) is 0.368. The molecule has 1 fully saturated rings. The van der Waals surface area contributed by atoms with Gasteiger partial charge in [0.1, 0.15) is 5.82 Å². The van der Waals surface area contributed by atoms with Crippen molar-refractivity contribution in [2.24, 2.45) is 0 Å². The molecule has 0 N–H and O–H groups in total. The van der Waals surface area contributed by atoms with Gasteiger partial charge in [-0.2, -0.15) is 12.6 Å². The highest BCUT2D eigenvalue weighted by Gasteiger charge is 2.26. The van der Waals surface area contributed by atoms with E-state index in [0.29, 0.717) is 11.3 Å². The van der Waals surface area contributed by atoms with Crippen molar-refractivity contribution in [2.75, 3.05) is 13.1 Å². The summed E-state index contributed by atoms with van der Waals surface area (Å²) in [7, 11) is 0. The highest BCUT2D eigenvalue weighted by atomic mass is 32.1. The summed E-state index contributed by atoms with van der Waals surface area (Å²) in [6.07, 6.45) is 3.23. The Balaban J connectivity index is 1.53. The smallest absolute Gasteiger partial charge is 0.123 e. The summed E-state index contributed by atoms with van der Waals surface area (Å²) in [6, 6.07) is 17.6. The zero-order chi connectivity index (χ0) is 15.4. The minimum atomic E-state index is -0.167. The zero-order valence-electron chi connectivity index (χ0n) is 12.7. The van der Waals surface area contributed by atoms with Gasteiger partial charge in [0.05, 0.1) is 5.37 Å². The summed E-state index contributed by atoms with van der Waals surface area (Å²) in [5.41, 5.74) is 2.62. The number of likely N-dealkylation sites (tertiary alicyclic amines) is 1. The van der Waals surface area contributed by atoms with Crippen LogP contribution in [0.25, 0.3) is 0 Å². The zero-order valence-corrected chi connectivity index (χ0v) is 13.6. The molecule has 1 saturated heterocycles. The number of rotatable bonds is 4. The summed E-state index contributed by atoms with van der Waals surface area (Å²) in [5.74, 6) is 0.449. The minimum Gasteiger partial charge on any atom is -0.291 e. The second kappa shape index (κ2) is 7.30. The number of hydrogen-bond acceptors (Lipinski definition) is 2. The van der Waals surface area contributed by atoms with Crippen LogP contribution >= 0.6 is 12.6 Å². The highest BCUT2D eigenvalue weighted by Crippen LogP contribution is 2.32. The Morgan fingerprint density at radius 2 is 1.77 bits per heavy atom. The third-order valence-electron chi connectivity index (χ3n) is 4.55. The van der Waals surface area contributed by atoms with Gasteiger partial charge in [-0.25, -0.2) is 4.39 Å². The molecule has 3 rings (SSSR count). The quantitative estimate of drug-likeness (QED) is 0.813. The van der Waals surface area contributed by atoms with E-state index in [-0.39, 0.29) is 5.82 Å². The van der Waals surface area contributed by atoms with Crippen LogP contribution in [0.15, 0.2) is 54.6 Å². The molecule has 0 bridgehead atoms. The predicted octanol–water partition coefficient (Wildman–Crippen LogP) is 4.50. The fourth-order valence-electron chi connectivity index (χ4n) is 3.20. The van der Waals surface area contributed by atoms with E-state index in [1.54, 1.807) is 0 Å². The lowest BCUT2D eigenvalue weighted by Crippen LogP contribution is -2.39. The lowest BCUT2D eigenvalue weighted by atomic mass is 9.89. The number of benzene rings is 2. The van der Waals surface area contributed by atoms with Crippen LogP contribution < -0.4 is 0 Å². The van der Waals surface area contributed by atoms with Gasteiger partial charge in [0.15, 0.2) is 0 Å². The van der Waals surface area contributed by atoms with Crippen LogP contribution in [0.3, 0.4) is 0 Å². The van der Waals surface area contributed by atoms with Gasteiger partial charge >= 0.3 is 0 Å². The average Bonchev–Trinajstić information content (AvgIpc) is 2.56. The molecule has 1 aliphatic heterocycles. The van der Waals surface area contributed by atoms with Crippen molar-refractivity contribution in [1.82, 2.24) is 4.90 Å². The monoisotopic (exact) mass is 315 g/mol. The Bertz CT molecular complexity index is 584. The van der Waals surface area contributed by atoms with Crippen LogP contribution in [0.1, 0.15) is 29.9 Å². The molecular weight excluding hydrogens is 293 g/mol. The van der Waals surface area contributed by atoms with E-state index in [1.165, 1.54) is 29.7 Å². The van der Waals surface area contributed by atoms with Crippen molar-refractivity contribution in [3.63, 3.8) is 0 Å². The maximum atomic E-state index is 12.9. The molecule has 2 aromatic rings. The van der Waals surface area contributed by atoms with Crippen LogP contribution in [0.4, 0.5) is 4.39 Å². The summed E-state index contributed by atoms with van der Waals surface area (Å²) in [4.78, 5) is 2.44. The molecule has 1 aliphatic rings. The topological polar surface area (TPSA) is 3.24 Å². The van der Waals surface area contributed by atoms with E-state index in [1.807, 2.05) is 12.1 Å². The first-order chi connectivity index (χ1) is 10.7. The number of piperidine rings is 1. The standard InChI is InChI=1S/C19H22FNS/c20-18-8-6-15(7-9-18)10-12-21-13-11-17(14-19(21)22)16-4-2-1-3-5-16/h1-9,17,19,22H,10-14H2. The number of hydrogen-bond donors (Lipinski definition) is 1. The lowest BCUT2D eigenvalue weighted by Gasteiger charge is -2.37. The first-order valence-electron chi connectivity index (χ1n) is 7.94. The molecule has 2 aromatic carbocycles. The van der Waals surface area contributed by atoms with Crippen molar-refractivity contribution in [1.29, 1.82) is 0 Å². The second-order valence-corrected chi connectivity index (χ2v) is 6.62. The third-order valence-corrected chi connectivity index (χ3v) is 5.09. The van der Waals surface area contributed by atoms with E-state index < -0.39 is 0 Å². The first-order valence-corrected chi connectivity index (χ1v) is 8.45. The molecule has 2 atom stereocenters. The van der Waals surface area contributed by atoms with Gasteiger partial charge in [0.2, 0.25) is 0 Å². The largest absolute Gasteiger partial charge is 0.291 e. The number of halogens is 1. The predicted molar refractivity (Wildman–Crippen MR) is 92.9 cm³/mol. The molecule has 0 amide bonds. The van der Waals surface area contributed by atoms with Crippen LogP contribution in [0.5, 0.6) is 0 Å². The molecule has 2 unspecified atom stereocenters. The average molecular weight is 315 g/mol. The Kier molecular flexibility index (Phi) is 5.16. The Morgan fingerprint density at radius 3 is 2.45 bits per heavy atom. The summed E-state index contributed by atoms with van der Waals surface area (Å²) in [6.45, 7) is 2.07. The van der Waals surface area contributed by atoms with Crippen molar-refractivity contribution >= 4 is 12.6 Å². The van der Waals surface area contributed by atoms with Crippen molar-refractivity contribution < 1.29 is 4.39 Å². The summed E-state index contributed by atoms with van der Waals surface area (Å²) < 4.78 is 12.9. The van der Waals surface area contributed by atoms with Gasteiger partial charge in [0, 0.05) is 6.54 Å². The molecule has 22 heavy (non-hydrogen) atoms. The van der Waals surface area contributed by atoms with Gasteiger partial charge in [-0.05, 0) is 55.0 Å². The molecular formula is C19H22FNS. The molecule has 1 heterocycles. The van der Waals surface area contributed by atoms with E-state index in [9.17, 15) is 4.39 Å². The second-order valence-electron chi connectivity index (χ2n) is 6.03. The van der Waals surface area contributed by atoms with Crippen LogP contribution in [-0.4, -0.2) is 23.4 Å². The first kappa shape index (κ1) is 15.6. The molecule has 0 aliphatic carbocycles. The summed E-state index contributed by atoms with van der Waals surface area (Å²) in [5, 5.41) is 0.305. The van der Waals surface area contributed by atoms with E-state index in [4.69, 9.17) is 12.6 Å². The number of nitrogens with zero attached hydrogens (tertiary/aromatic N) is 1. The van der Waals surface area contributed by atoms with Gasteiger partial charge in [0.25, 0.3) is 0 Å². The molecule has 3 heteroatoms. The highest BCUT2D eigenvalue weighted by molar-refractivity contribution is 7.80. The van der Waals surface area contributed by atoms with Crippen LogP contribution in [-0.2, 0) is 6.42 Å².